The molecule has 2 unspecified atom stereocenters. The number of aliphatic carboxylic acids is 1. The number of rotatable bonds is 5. The molecule has 0 bridgehead atoms. The number of carbonyl (C=O) groups excluding carboxylic acids is 1. The van der Waals surface area contributed by atoms with Crippen molar-refractivity contribution in [1.29, 1.82) is 0 Å². The first kappa shape index (κ1) is 16.5. The van der Waals surface area contributed by atoms with E-state index in [1.54, 1.807) is 6.07 Å². The summed E-state index contributed by atoms with van der Waals surface area (Å²) in [5.41, 5.74) is 2.53. The van der Waals surface area contributed by atoms with E-state index in [-0.39, 0.29) is 18.4 Å². The summed E-state index contributed by atoms with van der Waals surface area (Å²) in [6.45, 7) is 4.48. The van der Waals surface area contributed by atoms with E-state index in [9.17, 15) is 14.7 Å². The van der Waals surface area contributed by atoms with E-state index in [4.69, 9.17) is 4.74 Å². The predicted molar refractivity (Wildman–Crippen MR) is 82.6 cm³/mol. The maximum Gasteiger partial charge on any atom is 0.330 e. The number of amides is 1. The molecule has 0 aliphatic carbocycles. The normalized spacial score (nSPS) is 19.5. The summed E-state index contributed by atoms with van der Waals surface area (Å²) >= 11 is 0. The van der Waals surface area contributed by atoms with Gasteiger partial charge in [-0.05, 0) is 49.8 Å². The maximum absolute atomic E-state index is 12.1. The molecule has 2 N–H and O–H groups in total. The third kappa shape index (κ3) is 4.07. The fraction of sp³-hybridized carbons (Fsp3) is 0.529. The van der Waals surface area contributed by atoms with Gasteiger partial charge in [-0.2, -0.15) is 0 Å². The topological polar surface area (TPSA) is 75.6 Å². The molecule has 22 heavy (non-hydrogen) atoms. The SMILES string of the molecule is Cc1cccc(C(NC(=O)CC2CCCCO2)C(=O)O)c1C. The largest absolute Gasteiger partial charge is 0.479 e. The van der Waals surface area contributed by atoms with Gasteiger partial charge in [0.1, 0.15) is 0 Å². The quantitative estimate of drug-likeness (QED) is 0.876. The molecule has 0 spiro atoms. The Morgan fingerprint density at radius 2 is 2.14 bits per heavy atom. The average Bonchev–Trinajstić information content (AvgIpc) is 2.49. The molecule has 1 heterocycles. The highest BCUT2D eigenvalue weighted by atomic mass is 16.5. The van der Waals surface area contributed by atoms with Crippen LogP contribution in [0.25, 0.3) is 0 Å². The molecule has 1 aliphatic heterocycles. The van der Waals surface area contributed by atoms with Gasteiger partial charge in [0.2, 0.25) is 5.91 Å². The molecule has 2 atom stereocenters. The van der Waals surface area contributed by atoms with Gasteiger partial charge in [-0.25, -0.2) is 4.79 Å². The van der Waals surface area contributed by atoms with Crippen LogP contribution in [0.1, 0.15) is 48.4 Å². The third-order valence-electron chi connectivity index (χ3n) is 4.20. The Morgan fingerprint density at radius 3 is 2.77 bits per heavy atom. The molecule has 1 saturated heterocycles. The molecule has 1 aromatic carbocycles. The number of hydrogen-bond acceptors (Lipinski definition) is 3. The molecule has 1 fully saturated rings. The number of carbonyl (C=O) groups is 2. The van der Waals surface area contributed by atoms with E-state index in [1.165, 1.54) is 0 Å². The summed E-state index contributed by atoms with van der Waals surface area (Å²) in [5, 5.41) is 12.1. The number of ether oxygens (including phenoxy) is 1. The number of hydrogen-bond donors (Lipinski definition) is 2. The van der Waals surface area contributed by atoms with Crippen LogP contribution in [0.4, 0.5) is 0 Å². The van der Waals surface area contributed by atoms with Gasteiger partial charge in [-0.15, -0.1) is 0 Å². The molecule has 2 rings (SSSR count). The molecular weight excluding hydrogens is 282 g/mol. The Hall–Kier alpha value is -1.88. The number of benzene rings is 1. The number of carboxylic acid groups (broad SMARTS) is 1. The minimum atomic E-state index is -1.05. The van der Waals surface area contributed by atoms with Gasteiger partial charge in [0, 0.05) is 6.61 Å². The van der Waals surface area contributed by atoms with Crippen molar-refractivity contribution in [3.8, 4) is 0 Å². The Labute approximate surface area is 130 Å². The molecule has 0 saturated carbocycles. The summed E-state index contributed by atoms with van der Waals surface area (Å²) in [6, 6.07) is 4.47. The van der Waals surface area contributed by atoms with Crippen LogP contribution in [-0.4, -0.2) is 29.7 Å². The van der Waals surface area contributed by atoms with Crippen LogP contribution in [0.3, 0.4) is 0 Å². The number of nitrogens with one attached hydrogen (secondary N) is 1. The van der Waals surface area contributed by atoms with Crippen molar-refractivity contribution in [2.24, 2.45) is 0 Å². The van der Waals surface area contributed by atoms with Crippen LogP contribution in [0.5, 0.6) is 0 Å². The van der Waals surface area contributed by atoms with E-state index < -0.39 is 12.0 Å². The van der Waals surface area contributed by atoms with Crippen molar-refractivity contribution in [3.63, 3.8) is 0 Å². The average molecular weight is 305 g/mol. The van der Waals surface area contributed by atoms with Crippen LogP contribution in [0.2, 0.25) is 0 Å². The highest BCUT2D eigenvalue weighted by Crippen LogP contribution is 2.22. The van der Waals surface area contributed by atoms with Crippen molar-refractivity contribution in [1.82, 2.24) is 5.32 Å². The second kappa shape index (κ2) is 7.40. The van der Waals surface area contributed by atoms with Gasteiger partial charge in [0.25, 0.3) is 0 Å². The van der Waals surface area contributed by atoms with Crippen molar-refractivity contribution >= 4 is 11.9 Å². The van der Waals surface area contributed by atoms with Gasteiger partial charge >= 0.3 is 5.97 Å². The van der Waals surface area contributed by atoms with Crippen LogP contribution >= 0.6 is 0 Å². The second-order valence-electron chi connectivity index (χ2n) is 5.82. The molecule has 120 valence electrons. The summed E-state index contributed by atoms with van der Waals surface area (Å²) in [5.74, 6) is -1.33. The predicted octanol–water partition coefficient (Wildman–Crippen LogP) is 2.50. The zero-order chi connectivity index (χ0) is 16.1. The number of carboxylic acids is 1. The van der Waals surface area contributed by atoms with Crippen LogP contribution in [-0.2, 0) is 14.3 Å². The van der Waals surface area contributed by atoms with Crippen LogP contribution < -0.4 is 5.32 Å². The van der Waals surface area contributed by atoms with Gasteiger partial charge < -0.3 is 15.2 Å². The highest BCUT2D eigenvalue weighted by molar-refractivity contribution is 5.85. The van der Waals surface area contributed by atoms with E-state index >= 15 is 0 Å². The van der Waals surface area contributed by atoms with Gasteiger partial charge in [-0.3, -0.25) is 4.79 Å². The lowest BCUT2D eigenvalue weighted by Gasteiger charge is -2.23. The lowest BCUT2D eigenvalue weighted by molar-refractivity contribution is -0.142. The smallest absolute Gasteiger partial charge is 0.330 e. The third-order valence-corrected chi connectivity index (χ3v) is 4.20. The lowest BCUT2D eigenvalue weighted by Crippen LogP contribution is -2.37. The van der Waals surface area contributed by atoms with Crippen LogP contribution in [0.15, 0.2) is 18.2 Å². The second-order valence-corrected chi connectivity index (χ2v) is 5.82. The fourth-order valence-electron chi connectivity index (χ4n) is 2.75. The summed E-state index contributed by atoms with van der Waals surface area (Å²) in [6.07, 6.45) is 3.06. The van der Waals surface area contributed by atoms with E-state index in [0.717, 1.165) is 30.4 Å². The summed E-state index contributed by atoms with van der Waals surface area (Å²) in [4.78, 5) is 23.7. The first-order valence-electron chi connectivity index (χ1n) is 7.69. The van der Waals surface area contributed by atoms with Crippen molar-refractivity contribution < 1.29 is 19.4 Å². The van der Waals surface area contributed by atoms with E-state index in [0.29, 0.717) is 12.2 Å². The minimum absolute atomic E-state index is 0.0956. The zero-order valence-electron chi connectivity index (χ0n) is 13.1. The zero-order valence-corrected chi connectivity index (χ0v) is 13.1. The molecule has 5 nitrogen and oxygen atoms in total. The summed E-state index contributed by atoms with van der Waals surface area (Å²) in [7, 11) is 0. The summed E-state index contributed by atoms with van der Waals surface area (Å²) < 4.78 is 5.53. The monoisotopic (exact) mass is 305 g/mol. The Kier molecular flexibility index (Phi) is 5.55. The van der Waals surface area contributed by atoms with Crippen molar-refractivity contribution in [3.05, 3.63) is 34.9 Å². The van der Waals surface area contributed by atoms with E-state index in [1.807, 2.05) is 26.0 Å². The standard InChI is InChI=1S/C17H23NO4/c1-11-6-5-8-14(12(11)2)16(17(20)21)18-15(19)10-13-7-3-4-9-22-13/h5-6,8,13,16H,3-4,7,9-10H2,1-2H3,(H,18,19)(H,20,21). The van der Waals surface area contributed by atoms with Crippen LogP contribution in [0, 0.1) is 13.8 Å². The van der Waals surface area contributed by atoms with Crippen molar-refractivity contribution in [2.75, 3.05) is 6.61 Å². The molecule has 5 heteroatoms. The first-order valence-corrected chi connectivity index (χ1v) is 7.69. The van der Waals surface area contributed by atoms with E-state index in [2.05, 4.69) is 5.32 Å². The Balaban J connectivity index is 2.06. The molecule has 1 amide bonds. The number of aryl methyl sites for hydroxylation is 1. The molecule has 0 radical (unpaired) electrons. The van der Waals surface area contributed by atoms with Gasteiger partial charge in [0.05, 0.1) is 12.5 Å². The molecular formula is C17H23NO4. The molecule has 1 aliphatic rings. The molecule has 1 aromatic rings. The lowest BCUT2D eigenvalue weighted by atomic mass is 9.97. The fourth-order valence-corrected chi connectivity index (χ4v) is 2.75. The minimum Gasteiger partial charge on any atom is -0.479 e. The maximum atomic E-state index is 12.1. The van der Waals surface area contributed by atoms with Gasteiger partial charge in [0.15, 0.2) is 6.04 Å². The van der Waals surface area contributed by atoms with Crippen molar-refractivity contribution in [2.45, 2.75) is 51.7 Å². The Morgan fingerprint density at radius 1 is 1.36 bits per heavy atom. The Bertz CT molecular complexity index is 550. The molecule has 0 aromatic heterocycles. The highest BCUT2D eigenvalue weighted by Gasteiger charge is 2.26. The first-order chi connectivity index (χ1) is 10.5. The van der Waals surface area contributed by atoms with Gasteiger partial charge in [-0.1, -0.05) is 18.2 Å².